The Morgan fingerprint density at radius 2 is 2.23 bits per heavy atom. The standard InChI is InChI=1S/C18H24ClN3O3S/c1-11(20)18(25)22-10-26-16-6-7-21-15(8-12(16)9-17(23)24)13-4-2-3-5-14(13)19/h2-5,9,11,15-16,21H,6-8,10,20H2,1H3,(H,22,25)(H,23,24)/b12-9+. The Kier molecular flexibility index (Phi) is 7.96. The summed E-state index contributed by atoms with van der Waals surface area (Å²) in [5.74, 6) is -0.800. The highest BCUT2D eigenvalue weighted by Gasteiger charge is 2.26. The van der Waals surface area contributed by atoms with Gasteiger partial charge in [-0.1, -0.05) is 29.8 Å². The van der Waals surface area contributed by atoms with Gasteiger partial charge in [0.05, 0.1) is 11.9 Å². The highest BCUT2D eigenvalue weighted by molar-refractivity contribution is 8.00. The highest BCUT2D eigenvalue weighted by atomic mass is 35.5. The van der Waals surface area contributed by atoms with Crippen molar-refractivity contribution in [1.29, 1.82) is 0 Å². The molecule has 1 saturated heterocycles. The van der Waals surface area contributed by atoms with Crippen molar-refractivity contribution in [3.05, 3.63) is 46.5 Å². The number of thioether (sulfide) groups is 1. The molecule has 5 N–H and O–H groups in total. The van der Waals surface area contributed by atoms with E-state index in [0.717, 1.165) is 24.1 Å². The Hall–Kier alpha value is -1.54. The van der Waals surface area contributed by atoms with E-state index in [9.17, 15) is 14.7 Å². The Labute approximate surface area is 162 Å². The highest BCUT2D eigenvalue weighted by Crippen LogP contribution is 2.35. The number of carboxylic acids is 1. The molecule has 26 heavy (non-hydrogen) atoms. The average molecular weight is 398 g/mol. The van der Waals surface area contributed by atoms with Gasteiger partial charge in [0.25, 0.3) is 0 Å². The topological polar surface area (TPSA) is 104 Å². The van der Waals surface area contributed by atoms with E-state index in [-0.39, 0.29) is 17.2 Å². The van der Waals surface area contributed by atoms with Crippen LogP contribution in [0.3, 0.4) is 0 Å². The minimum atomic E-state index is -0.968. The lowest BCUT2D eigenvalue weighted by Gasteiger charge is -2.20. The van der Waals surface area contributed by atoms with Crippen molar-refractivity contribution < 1.29 is 14.7 Å². The predicted molar refractivity (Wildman–Crippen MR) is 105 cm³/mol. The van der Waals surface area contributed by atoms with Gasteiger partial charge >= 0.3 is 5.97 Å². The summed E-state index contributed by atoms with van der Waals surface area (Å²) < 4.78 is 0. The van der Waals surface area contributed by atoms with Crippen LogP contribution in [0.1, 0.15) is 31.4 Å². The molecule has 0 bridgehead atoms. The molecule has 2 rings (SSSR count). The zero-order valence-corrected chi connectivity index (χ0v) is 16.1. The molecule has 1 amide bonds. The SMILES string of the molecule is CC(N)C(=O)NCSC1CCNC(c2ccccc2Cl)C/C1=C\C(=O)O. The maximum absolute atomic E-state index is 11.6. The normalized spacial score (nSPS) is 23.3. The van der Waals surface area contributed by atoms with Crippen molar-refractivity contribution in [3.63, 3.8) is 0 Å². The smallest absolute Gasteiger partial charge is 0.328 e. The number of hydrogen-bond acceptors (Lipinski definition) is 5. The van der Waals surface area contributed by atoms with Crippen molar-refractivity contribution >= 4 is 35.2 Å². The molecule has 0 aromatic heterocycles. The molecule has 3 unspecified atom stereocenters. The number of rotatable bonds is 6. The summed E-state index contributed by atoms with van der Waals surface area (Å²) in [5.41, 5.74) is 7.32. The number of nitrogens with one attached hydrogen (secondary N) is 2. The van der Waals surface area contributed by atoms with Gasteiger partial charge in [-0.15, -0.1) is 11.8 Å². The van der Waals surface area contributed by atoms with Crippen LogP contribution >= 0.6 is 23.4 Å². The van der Waals surface area contributed by atoms with Gasteiger partial charge in [0.2, 0.25) is 5.91 Å². The van der Waals surface area contributed by atoms with E-state index in [1.54, 1.807) is 6.92 Å². The largest absolute Gasteiger partial charge is 0.478 e. The molecule has 0 radical (unpaired) electrons. The molecule has 0 spiro atoms. The third-order valence-electron chi connectivity index (χ3n) is 4.18. The fourth-order valence-electron chi connectivity index (χ4n) is 2.87. The van der Waals surface area contributed by atoms with Gasteiger partial charge in [-0.05, 0) is 43.5 Å². The van der Waals surface area contributed by atoms with E-state index in [1.807, 2.05) is 24.3 Å². The second-order valence-electron chi connectivity index (χ2n) is 6.21. The fraction of sp³-hybridized carbons (Fsp3) is 0.444. The summed E-state index contributed by atoms with van der Waals surface area (Å²) in [6.45, 7) is 2.35. The van der Waals surface area contributed by atoms with E-state index in [0.29, 0.717) is 17.3 Å². The van der Waals surface area contributed by atoms with Crippen LogP contribution < -0.4 is 16.4 Å². The monoisotopic (exact) mass is 397 g/mol. The van der Waals surface area contributed by atoms with Crippen LogP contribution in [0.5, 0.6) is 0 Å². The summed E-state index contributed by atoms with van der Waals surface area (Å²) in [4.78, 5) is 22.9. The second-order valence-corrected chi connectivity index (χ2v) is 7.81. The second kappa shape index (κ2) is 9.97. The minimum Gasteiger partial charge on any atom is -0.478 e. The van der Waals surface area contributed by atoms with Crippen molar-refractivity contribution in [2.75, 3.05) is 12.4 Å². The Balaban J connectivity index is 2.11. The number of carboxylic acid groups (broad SMARTS) is 1. The van der Waals surface area contributed by atoms with Gasteiger partial charge in [0, 0.05) is 22.4 Å². The first-order valence-corrected chi connectivity index (χ1v) is 9.87. The molecular formula is C18H24ClN3O3S. The van der Waals surface area contributed by atoms with Crippen molar-refractivity contribution in [1.82, 2.24) is 10.6 Å². The van der Waals surface area contributed by atoms with E-state index in [1.165, 1.54) is 17.8 Å². The molecule has 6 nitrogen and oxygen atoms in total. The van der Waals surface area contributed by atoms with Gasteiger partial charge in [0.15, 0.2) is 0 Å². The Morgan fingerprint density at radius 3 is 2.88 bits per heavy atom. The number of carbonyl (C=O) groups excluding carboxylic acids is 1. The lowest BCUT2D eigenvalue weighted by molar-refractivity contribution is -0.131. The molecule has 1 heterocycles. The number of benzene rings is 1. The van der Waals surface area contributed by atoms with Crippen LogP contribution in [0.25, 0.3) is 0 Å². The summed E-state index contributed by atoms with van der Waals surface area (Å²) >= 11 is 7.82. The number of nitrogens with two attached hydrogens (primary N) is 1. The molecule has 3 atom stereocenters. The van der Waals surface area contributed by atoms with Crippen LogP contribution in [-0.4, -0.2) is 40.7 Å². The molecule has 1 aliphatic heterocycles. The van der Waals surface area contributed by atoms with E-state index < -0.39 is 12.0 Å². The third-order valence-corrected chi connectivity index (χ3v) is 5.78. The number of halogens is 1. The summed E-state index contributed by atoms with van der Waals surface area (Å²) in [7, 11) is 0. The van der Waals surface area contributed by atoms with E-state index >= 15 is 0 Å². The van der Waals surface area contributed by atoms with Gasteiger partial charge in [0.1, 0.15) is 0 Å². The molecular weight excluding hydrogens is 374 g/mol. The molecule has 1 aromatic rings. The zero-order chi connectivity index (χ0) is 19.1. The zero-order valence-electron chi connectivity index (χ0n) is 14.6. The molecule has 0 saturated carbocycles. The quantitative estimate of drug-likeness (QED) is 0.433. The summed E-state index contributed by atoms with van der Waals surface area (Å²) in [6, 6.07) is 6.97. The van der Waals surface area contributed by atoms with Crippen LogP contribution in [0, 0.1) is 0 Å². The predicted octanol–water partition coefficient (Wildman–Crippen LogP) is 2.30. The van der Waals surface area contributed by atoms with Crippen molar-refractivity contribution in [2.45, 2.75) is 37.1 Å². The molecule has 1 aliphatic rings. The fourth-order valence-corrected chi connectivity index (χ4v) is 4.22. The van der Waals surface area contributed by atoms with Gasteiger partial charge in [-0.25, -0.2) is 4.79 Å². The van der Waals surface area contributed by atoms with E-state index in [2.05, 4.69) is 10.6 Å². The van der Waals surface area contributed by atoms with Gasteiger partial charge in [-0.3, -0.25) is 4.79 Å². The van der Waals surface area contributed by atoms with Crippen LogP contribution in [0.4, 0.5) is 0 Å². The number of amides is 1. The Morgan fingerprint density at radius 1 is 1.50 bits per heavy atom. The number of aliphatic carboxylic acids is 1. The van der Waals surface area contributed by atoms with Gasteiger partial charge < -0.3 is 21.5 Å². The molecule has 8 heteroatoms. The average Bonchev–Trinajstić information content (AvgIpc) is 2.77. The van der Waals surface area contributed by atoms with Crippen LogP contribution in [-0.2, 0) is 9.59 Å². The Bertz CT molecular complexity index is 681. The molecule has 1 fully saturated rings. The van der Waals surface area contributed by atoms with E-state index in [4.69, 9.17) is 17.3 Å². The molecule has 142 valence electrons. The molecule has 1 aromatic carbocycles. The molecule has 0 aliphatic carbocycles. The first-order valence-electron chi connectivity index (χ1n) is 8.44. The lowest BCUT2D eigenvalue weighted by Crippen LogP contribution is -2.38. The lowest BCUT2D eigenvalue weighted by atomic mass is 9.97. The first kappa shape index (κ1) is 20.8. The summed E-state index contributed by atoms with van der Waals surface area (Å²) in [6.07, 6.45) is 2.59. The minimum absolute atomic E-state index is 0.000492. The maximum Gasteiger partial charge on any atom is 0.328 e. The first-order chi connectivity index (χ1) is 12.4. The van der Waals surface area contributed by atoms with Crippen LogP contribution in [0.2, 0.25) is 5.02 Å². The van der Waals surface area contributed by atoms with Crippen LogP contribution in [0.15, 0.2) is 35.9 Å². The number of carbonyl (C=O) groups is 2. The number of hydrogen-bond donors (Lipinski definition) is 4. The van der Waals surface area contributed by atoms with Gasteiger partial charge in [-0.2, -0.15) is 0 Å². The van der Waals surface area contributed by atoms with Crippen molar-refractivity contribution in [2.24, 2.45) is 5.73 Å². The summed E-state index contributed by atoms with van der Waals surface area (Å²) in [5, 5.41) is 16.1. The third kappa shape index (κ3) is 6.02. The maximum atomic E-state index is 11.6. The van der Waals surface area contributed by atoms with Crippen molar-refractivity contribution in [3.8, 4) is 0 Å².